The van der Waals surface area contributed by atoms with Crippen molar-refractivity contribution in [2.75, 3.05) is 19.4 Å². The van der Waals surface area contributed by atoms with E-state index in [-0.39, 0.29) is 16.3 Å². The van der Waals surface area contributed by atoms with E-state index in [0.717, 1.165) is 4.31 Å². The number of hydrogen-bond acceptors (Lipinski definition) is 5. The Balaban J connectivity index is 3.14. The minimum absolute atomic E-state index is 0.00351. The average molecular weight is 303 g/mol. The van der Waals surface area contributed by atoms with Gasteiger partial charge in [0.25, 0.3) is 0 Å². The van der Waals surface area contributed by atoms with Crippen LogP contribution in [0.3, 0.4) is 0 Å². The summed E-state index contributed by atoms with van der Waals surface area (Å²) in [6.45, 7) is 1.66. The highest BCUT2D eigenvalue weighted by Gasteiger charge is 2.26. The van der Waals surface area contributed by atoms with Crippen LogP contribution in [0.25, 0.3) is 0 Å². The third kappa shape index (κ3) is 3.35. The summed E-state index contributed by atoms with van der Waals surface area (Å²) < 4.78 is 25.7. The number of anilines is 1. The molecule has 0 fully saturated rings. The molecule has 0 aliphatic rings. The van der Waals surface area contributed by atoms with Gasteiger partial charge in [0.2, 0.25) is 10.0 Å². The zero-order chi connectivity index (χ0) is 14.6. The van der Waals surface area contributed by atoms with Crippen LogP contribution in [0.4, 0.5) is 5.82 Å². The van der Waals surface area contributed by atoms with Gasteiger partial charge in [-0.05, 0) is 13.0 Å². The quantitative estimate of drug-likeness (QED) is 0.894. The minimum atomic E-state index is -3.70. The number of sulfonamides is 1. The van der Waals surface area contributed by atoms with Gasteiger partial charge in [0.15, 0.2) is 0 Å². The SMILES string of the molecule is CNc1ncc(S(=O)(=O)N(C)C(C)CC#N)cc1Cl. The molecule has 0 saturated heterocycles. The second-order valence-electron chi connectivity index (χ2n) is 3.98. The van der Waals surface area contributed by atoms with Gasteiger partial charge in [-0.15, -0.1) is 0 Å². The van der Waals surface area contributed by atoms with E-state index in [4.69, 9.17) is 16.9 Å². The largest absolute Gasteiger partial charge is 0.372 e. The second kappa shape index (κ2) is 6.19. The van der Waals surface area contributed by atoms with Crippen LogP contribution in [0.1, 0.15) is 13.3 Å². The van der Waals surface area contributed by atoms with Crippen LogP contribution in [0.15, 0.2) is 17.2 Å². The van der Waals surface area contributed by atoms with E-state index in [0.29, 0.717) is 5.82 Å². The molecule has 1 aromatic heterocycles. The van der Waals surface area contributed by atoms with Gasteiger partial charge in [-0.3, -0.25) is 0 Å². The molecule has 0 amide bonds. The Morgan fingerprint density at radius 1 is 1.63 bits per heavy atom. The molecule has 19 heavy (non-hydrogen) atoms. The molecule has 1 heterocycles. The maximum absolute atomic E-state index is 12.3. The van der Waals surface area contributed by atoms with Crippen LogP contribution in [-0.2, 0) is 10.0 Å². The summed E-state index contributed by atoms with van der Waals surface area (Å²) >= 11 is 5.92. The molecule has 0 aromatic carbocycles. The molecule has 104 valence electrons. The van der Waals surface area contributed by atoms with Crippen molar-refractivity contribution in [3.63, 3.8) is 0 Å². The van der Waals surface area contributed by atoms with Crippen molar-refractivity contribution < 1.29 is 8.42 Å². The van der Waals surface area contributed by atoms with Gasteiger partial charge in [-0.1, -0.05) is 11.6 Å². The number of rotatable bonds is 5. The van der Waals surface area contributed by atoms with Gasteiger partial charge >= 0.3 is 0 Å². The van der Waals surface area contributed by atoms with E-state index in [1.807, 2.05) is 6.07 Å². The van der Waals surface area contributed by atoms with E-state index < -0.39 is 16.1 Å². The Bertz CT molecular complexity index is 597. The number of hydrogen-bond donors (Lipinski definition) is 1. The fraction of sp³-hybridized carbons (Fsp3) is 0.455. The summed E-state index contributed by atoms with van der Waals surface area (Å²) in [6, 6.07) is 2.86. The van der Waals surface area contributed by atoms with Crippen molar-refractivity contribution >= 4 is 27.4 Å². The minimum Gasteiger partial charge on any atom is -0.372 e. The Morgan fingerprint density at radius 3 is 2.74 bits per heavy atom. The lowest BCUT2D eigenvalue weighted by molar-refractivity contribution is 0.393. The lowest BCUT2D eigenvalue weighted by Crippen LogP contribution is -2.34. The Kier molecular flexibility index (Phi) is 5.11. The van der Waals surface area contributed by atoms with E-state index in [2.05, 4.69) is 10.3 Å². The predicted octanol–water partition coefficient (Wildman–Crippen LogP) is 1.70. The topological polar surface area (TPSA) is 86.1 Å². The smallest absolute Gasteiger partial charge is 0.244 e. The average Bonchev–Trinajstić information content (AvgIpc) is 2.37. The van der Waals surface area contributed by atoms with Crippen molar-refractivity contribution in [2.45, 2.75) is 24.3 Å². The third-order valence-electron chi connectivity index (χ3n) is 2.74. The highest BCUT2D eigenvalue weighted by Crippen LogP contribution is 2.24. The van der Waals surface area contributed by atoms with Gasteiger partial charge in [0.05, 0.1) is 17.5 Å². The molecule has 0 spiro atoms. The zero-order valence-electron chi connectivity index (χ0n) is 10.9. The first-order valence-corrected chi connectivity index (χ1v) is 7.34. The van der Waals surface area contributed by atoms with Crippen molar-refractivity contribution in [3.05, 3.63) is 17.3 Å². The van der Waals surface area contributed by atoms with Crippen molar-refractivity contribution in [1.82, 2.24) is 9.29 Å². The lowest BCUT2D eigenvalue weighted by Gasteiger charge is -2.22. The summed E-state index contributed by atoms with van der Waals surface area (Å²) in [6.07, 6.45) is 1.36. The number of aromatic nitrogens is 1. The molecule has 1 aromatic rings. The van der Waals surface area contributed by atoms with Crippen LogP contribution in [-0.4, -0.2) is 37.8 Å². The Hall–Kier alpha value is -1.36. The summed E-state index contributed by atoms with van der Waals surface area (Å²) in [5, 5.41) is 11.6. The highest BCUT2D eigenvalue weighted by molar-refractivity contribution is 7.89. The molecule has 6 nitrogen and oxygen atoms in total. The van der Waals surface area contributed by atoms with Gasteiger partial charge in [-0.25, -0.2) is 13.4 Å². The van der Waals surface area contributed by atoms with Crippen molar-refractivity contribution in [1.29, 1.82) is 5.26 Å². The predicted molar refractivity (Wildman–Crippen MR) is 73.4 cm³/mol. The zero-order valence-corrected chi connectivity index (χ0v) is 12.5. The molecule has 0 bridgehead atoms. The molecular weight excluding hydrogens is 288 g/mol. The van der Waals surface area contributed by atoms with Crippen LogP contribution in [0.5, 0.6) is 0 Å². The number of halogens is 1. The summed E-state index contributed by atoms with van der Waals surface area (Å²) in [4.78, 5) is 3.94. The molecule has 1 unspecified atom stereocenters. The van der Waals surface area contributed by atoms with Crippen LogP contribution < -0.4 is 5.32 Å². The van der Waals surface area contributed by atoms with Gasteiger partial charge < -0.3 is 5.32 Å². The van der Waals surface area contributed by atoms with Gasteiger partial charge in [0.1, 0.15) is 10.7 Å². The summed E-state index contributed by atoms with van der Waals surface area (Å²) in [5.41, 5.74) is 0. The first kappa shape index (κ1) is 15.7. The molecule has 1 rings (SSSR count). The second-order valence-corrected chi connectivity index (χ2v) is 6.39. The lowest BCUT2D eigenvalue weighted by atomic mass is 10.3. The summed E-state index contributed by atoms with van der Waals surface area (Å²) in [5.74, 6) is 0.411. The third-order valence-corrected chi connectivity index (χ3v) is 4.96. The number of nitrogens with zero attached hydrogens (tertiary/aromatic N) is 3. The summed E-state index contributed by atoms with van der Waals surface area (Å²) in [7, 11) is -0.630. The van der Waals surface area contributed by atoms with Crippen LogP contribution in [0, 0.1) is 11.3 Å². The van der Waals surface area contributed by atoms with E-state index in [9.17, 15) is 8.42 Å². The van der Waals surface area contributed by atoms with Gasteiger partial charge in [0, 0.05) is 26.3 Å². The van der Waals surface area contributed by atoms with Crippen molar-refractivity contribution in [3.8, 4) is 6.07 Å². The maximum atomic E-state index is 12.3. The normalized spacial score (nSPS) is 13.1. The highest BCUT2D eigenvalue weighted by atomic mass is 35.5. The molecule has 1 N–H and O–H groups in total. The molecule has 0 radical (unpaired) electrons. The standard InChI is InChI=1S/C11H15ClN4O2S/c1-8(4-5-13)16(3)19(17,18)9-6-10(12)11(14-2)15-7-9/h6-8H,4H2,1-3H3,(H,14,15). The monoisotopic (exact) mass is 302 g/mol. The number of nitrogens with one attached hydrogen (secondary N) is 1. The van der Waals surface area contributed by atoms with Crippen molar-refractivity contribution in [2.24, 2.45) is 0 Å². The number of pyridine rings is 1. The molecule has 0 aliphatic heterocycles. The van der Waals surface area contributed by atoms with Gasteiger partial charge in [-0.2, -0.15) is 9.57 Å². The molecule has 8 heteroatoms. The van der Waals surface area contributed by atoms with Crippen LogP contribution >= 0.6 is 11.6 Å². The molecule has 0 saturated carbocycles. The molecule has 1 atom stereocenters. The fourth-order valence-corrected chi connectivity index (χ4v) is 3.07. The fourth-order valence-electron chi connectivity index (χ4n) is 1.41. The Morgan fingerprint density at radius 2 is 2.26 bits per heavy atom. The number of nitriles is 1. The molecule has 0 aliphatic carbocycles. The Labute approximate surface area is 118 Å². The first-order valence-electron chi connectivity index (χ1n) is 5.53. The van der Waals surface area contributed by atoms with E-state index in [1.165, 1.54) is 19.3 Å². The van der Waals surface area contributed by atoms with Crippen LogP contribution in [0.2, 0.25) is 5.02 Å². The first-order chi connectivity index (χ1) is 8.84. The maximum Gasteiger partial charge on any atom is 0.244 e. The molecular formula is C11H15ClN4O2S. The van der Waals surface area contributed by atoms with E-state index in [1.54, 1.807) is 14.0 Å². The van der Waals surface area contributed by atoms with E-state index >= 15 is 0 Å².